The van der Waals surface area contributed by atoms with Crippen molar-refractivity contribution in [3.05, 3.63) is 58.3 Å². The number of carbonyl (C=O) groups excluding carboxylic acids is 1. The van der Waals surface area contributed by atoms with E-state index in [0.29, 0.717) is 24.6 Å². The smallest absolute Gasteiger partial charge is 0.266 e. The lowest BCUT2D eigenvalue weighted by Gasteiger charge is -2.25. The van der Waals surface area contributed by atoms with Crippen molar-refractivity contribution in [1.82, 2.24) is 24.6 Å². The highest BCUT2D eigenvalue weighted by molar-refractivity contribution is 5.97. The van der Waals surface area contributed by atoms with Crippen LogP contribution in [-0.4, -0.2) is 43.1 Å². The number of H-pyrrole nitrogens is 1. The Morgan fingerprint density at radius 1 is 1.19 bits per heavy atom. The Kier molecular flexibility index (Phi) is 3.81. The molecule has 7 nitrogen and oxygen atoms in total. The van der Waals surface area contributed by atoms with Crippen LogP contribution in [0, 0.1) is 0 Å². The molecule has 7 heteroatoms. The zero-order valence-corrected chi connectivity index (χ0v) is 15.0. The van der Waals surface area contributed by atoms with E-state index in [9.17, 15) is 9.59 Å². The molecule has 2 aromatic heterocycles. The molecular formula is C20H21N5O2. The molecule has 0 spiro atoms. The van der Waals surface area contributed by atoms with Gasteiger partial charge in [0.15, 0.2) is 0 Å². The van der Waals surface area contributed by atoms with Crippen molar-refractivity contribution in [1.29, 1.82) is 0 Å². The van der Waals surface area contributed by atoms with E-state index >= 15 is 0 Å². The number of rotatable bonds is 4. The van der Waals surface area contributed by atoms with Crippen LogP contribution in [0.2, 0.25) is 0 Å². The fourth-order valence-corrected chi connectivity index (χ4v) is 3.92. The molecule has 138 valence electrons. The normalized spacial score (nSPS) is 19.7. The fourth-order valence-electron chi connectivity index (χ4n) is 3.92. The number of benzene rings is 1. The number of aromatic nitrogens is 4. The topological polar surface area (TPSA) is 83.9 Å². The van der Waals surface area contributed by atoms with Crippen molar-refractivity contribution < 1.29 is 4.79 Å². The van der Waals surface area contributed by atoms with E-state index in [-0.39, 0.29) is 17.5 Å². The van der Waals surface area contributed by atoms with Crippen LogP contribution in [-0.2, 0) is 6.54 Å². The monoisotopic (exact) mass is 363 g/mol. The average Bonchev–Trinajstić information content (AvgIpc) is 3.24. The summed E-state index contributed by atoms with van der Waals surface area (Å²) >= 11 is 0. The number of nitrogens with one attached hydrogen (secondary N) is 1. The average molecular weight is 363 g/mol. The first kappa shape index (κ1) is 16.2. The minimum absolute atomic E-state index is 0.000367. The summed E-state index contributed by atoms with van der Waals surface area (Å²) in [5.74, 6) is 0.500. The number of fused-ring (bicyclic) bond motifs is 1. The lowest BCUT2D eigenvalue weighted by atomic mass is 10.1. The van der Waals surface area contributed by atoms with E-state index in [2.05, 4.69) is 15.1 Å². The minimum Gasteiger partial charge on any atom is -0.345 e. The fraction of sp³-hybridized carbons (Fsp3) is 0.400. The van der Waals surface area contributed by atoms with E-state index < -0.39 is 0 Å². The third-order valence-corrected chi connectivity index (χ3v) is 5.57. The van der Waals surface area contributed by atoms with Gasteiger partial charge >= 0.3 is 0 Å². The van der Waals surface area contributed by atoms with Crippen LogP contribution in [0.3, 0.4) is 0 Å². The molecule has 1 N–H and O–H groups in total. The predicted molar refractivity (Wildman–Crippen MR) is 101 cm³/mol. The molecule has 0 bridgehead atoms. The molecule has 27 heavy (non-hydrogen) atoms. The Morgan fingerprint density at radius 3 is 2.93 bits per heavy atom. The van der Waals surface area contributed by atoms with Crippen molar-refractivity contribution >= 4 is 16.9 Å². The van der Waals surface area contributed by atoms with E-state index in [4.69, 9.17) is 0 Å². The number of likely N-dealkylation sites (tertiary alicyclic amines) is 1. The Balaban J connectivity index is 1.39. The third kappa shape index (κ3) is 3.03. The molecule has 1 atom stereocenters. The van der Waals surface area contributed by atoms with Crippen molar-refractivity contribution in [2.75, 3.05) is 6.54 Å². The molecule has 2 aliphatic rings. The Hall–Kier alpha value is -2.96. The van der Waals surface area contributed by atoms with E-state index in [0.717, 1.165) is 42.4 Å². The summed E-state index contributed by atoms with van der Waals surface area (Å²) in [7, 11) is 0. The van der Waals surface area contributed by atoms with E-state index in [1.807, 2.05) is 29.2 Å². The SMILES string of the molecule is O=C(c1ccc2nc[nH]c2c1)N1CCCC1Cn1nc(C2CC2)ccc1=O. The Labute approximate surface area is 156 Å². The van der Waals surface area contributed by atoms with Crippen LogP contribution in [0.5, 0.6) is 0 Å². The Bertz CT molecular complexity index is 1070. The molecular weight excluding hydrogens is 342 g/mol. The van der Waals surface area contributed by atoms with Crippen molar-refractivity contribution in [3.63, 3.8) is 0 Å². The van der Waals surface area contributed by atoms with Gasteiger partial charge in [0.25, 0.3) is 11.5 Å². The van der Waals surface area contributed by atoms with Crippen LogP contribution >= 0.6 is 0 Å². The molecule has 3 heterocycles. The maximum atomic E-state index is 13.1. The largest absolute Gasteiger partial charge is 0.345 e. The summed E-state index contributed by atoms with van der Waals surface area (Å²) in [6, 6.07) is 8.96. The molecule has 0 radical (unpaired) electrons. The number of aromatic amines is 1. The van der Waals surface area contributed by atoms with Gasteiger partial charge in [-0.2, -0.15) is 5.10 Å². The molecule has 1 saturated carbocycles. The van der Waals surface area contributed by atoms with Gasteiger partial charge in [-0.05, 0) is 49.9 Å². The van der Waals surface area contributed by atoms with Crippen LogP contribution < -0.4 is 5.56 Å². The van der Waals surface area contributed by atoms with Gasteiger partial charge in [0.2, 0.25) is 0 Å². The van der Waals surface area contributed by atoms with Crippen LogP contribution in [0.15, 0.2) is 41.5 Å². The maximum Gasteiger partial charge on any atom is 0.266 e. The first-order valence-corrected chi connectivity index (χ1v) is 9.51. The van der Waals surface area contributed by atoms with Gasteiger partial charge < -0.3 is 9.88 Å². The number of nitrogens with zero attached hydrogens (tertiary/aromatic N) is 4. The predicted octanol–water partition coefficient (Wildman–Crippen LogP) is 2.30. The molecule has 1 unspecified atom stereocenters. The summed E-state index contributed by atoms with van der Waals surface area (Å²) in [4.78, 5) is 34.5. The number of hydrogen-bond donors (Lipinski definition) is 1. The van der Waals surface area contributed by atoms with Gasteiger partial charge in [0, 0.05) is 24.1 Å². The summed E-state index contributed by atoms with van der Waals surface area (Å²) in [5.41, 5.74) is 3.24. The van der Waals surface area contributed by atoms with Crippen LogP contribution in [0.4, 0.5) is 0 Å². The summed E-state index contributed by atoms with van der Waals surface area (Å²) in [6.07, 6.45) is 5.76. The second kappa shape index (κ2) is 6.33. The number of amides is 1. The minimum atomic E-state index is -0.0995. The van der Waals surface area contributed by atoms with Crippen LogP contribution in [0.1, 0.15) is 47.7 Å². The molecule has 1 aromatic carbocycles. The molecule has 1 saturated heterocycles. The molecule has 1 aliphatic heterocycles. The van der Waals surface area contributed by atoms with Gasteiger partial charge in [-0.3, -0.25) is 9.59 Å². The number of hydrogen-bond acceptors (Lipinski definition) is 4. The molecule has 2 fully saturated rings. The second-order valence-corrected chi connectivity index (χ2v) is 7.48. The highest BCUT2D eigenvalue weighted by Gasteiger charge is 2.31. The van der Waals surface area contributed by atoms with Gasteiger partial charge in [-0.15, -0.1) is 0 Å². The highest BCUT2D eigenvalue weighted by atomic mass is 16.2. The van der Waals surface area contributed by atoms with Gasteiger partial charge in [-0.1, -0.05) is 0 Å². The van der Waals surface area contributed by atoms with E-state index in [1.165, 1.54) is 0 Å². The standard InChI is InChI=1S/C20H21N5O2/c26-19-8-7-16(13-3-4-13)23-25(19)11-15-2-1-9-24(15)20(27)14-5-6-17-18(10-14)22-12-21-17/h5-8,10,12-13,15H,1-4,9,11H2,(H,21,22). The number of carbonyl (C=O) groups is 1. The Morgan fingerprint density at radius 2 is 2.07 bits per heavy atom. The molecule has 1 amide bonds. The van der Waals surface area contributed by atoms with Gasteiger partial charge in [-0.25, -0.2) is 9.67 Å². The number of imidazole rings is 1. The summed E-state index contributed by atoms with van der Waals surface area (Å²) in [6.45, 7) is 1.17. The van der Waals surface area contributed by atoms with Gasteiger partial charge in [0.05, 0.1) is 35.6 Å². The van der Waals surface area contributed by atoms with E-state index in [1.54, 1.807) is 17.1 Å². The quantitative estimate of drug-likeness (QED) is 0.771. The lowest BCUT2D eigenvalue weighted by molar-refractivity contribution is 0.0720. The lowest BCUT2D eigenvalue weighted by Crippen LogP contribution is -2.40. The summed E-state index contributed by atoms with van der Waals surface area (Å²) < 4.78 is 1.54. The van der Waals surface area contributed by atoms with Gasteiger partial charge in [0.1, 0.15) is 0 Å². The first-order valence-electron chi connectivity index (χ1n) is 9.51. The van der Waals surface area contributed by atoms with Crippen molar-refractivity contribution in [3.8, 4) is 0 Å². The zero-order chi connectivity index (χ0) is 18.4. The highest BCUT2D eigenvalue weighted by Crippen LogP contribution is 2.38. The molecule has 5 rings (SSSR count). The maximum absolute atomic E-state index is 13.1. The van der Waals surface area contributed by atoms with Crippen molar-refractivity contribution in [2.24, 2.45) is 0 Å². The van der Waals surface area contributed by atoms with Crippen molar-refractivity contribution in [2.45, 2.75) is 44.2 Å². The first-order chi connectivity index (χ1) is 13.2. The summed E-state index contributed by atoms with van der Waals surface area (Å²) in [5, 5.41) is 4.55. The third-order valence-electron chi connectivity index (χ3n) is 5.57. The van der Waals surface area contributed by atoms with Crippen LogP contribution in [0.25, 0.3) is 11.0 Å². The molecule has 3 aromatic rings. The molecule has 1 aliphatic carbocycles. The second-order valence-electron chi connectivity index (χ2n) is 7.48. The zero-order valence-electron chi connectivity index (χ0n) is 15.0.